The van der Waals surface area contributed by atoms with Gasteiger partial charge in [-0.25, -0.2) is 0 Å². The van der Waals surface area contributed by atoms with Gasteiger partial charge in [0.15, 0.2) is 0 Å². The molecule has 0 aliphatic carbocycles. The normalized spacial score (nSPS) is 9.93. The monoisotopic (exact) mass is 204 g/mol. The minimum atomic E-state index is -0.367. The molecule has 0 unspecified atom stereocenters. The highest BCUT2D eigenvalue weighted by Crippen LogP contribution is 1.99. The second-order valence-corrected chi connectivity index (χ2v) is 2.91. The third-order valence-corrected chi connectivity index (χ3v) is 1.59. The highest BCUT2D eigenvalue weighted by molar-refractivity contribution is 5.92. The van der Waals surface area contributed by atoms with Crippen LogP contribution >= 0.6 is 0 Å². The first-order valence-electron chi connectivity index (χ1n) is 4.48. The van der Waals surface area contributed by atoms with Gasteiger partial charge in [0.25, 0.3) is 5.91 Å². The first-order valence-corrected chi connectivity index (χ1v) is 4.48. The standard InChI is InChI=1S/C11H12N2O2/c1-9(14)12-13-11(15)8-7-10-5-3-2-4-6-10/h2-8H,1H3,(H,12,14)(H,13,15)/b8-7+. The van der Waals surface area contributed by atoms with Gasteiger partial charge < -0.3 is 0 Å². The quantitative estimate of drug-likeness (QED) is 0.554. The number of rotatable bonds is 2. The number of nitrogens with one attached hydrogen (secondary N) is 2. The zero-order valence-corrected chi connectivity index (χ0v) is 8.36. The lowest BCUT2D eigenvalue weighted by Gasteiger charge is -2.00. The van der Waals surface area contributed by atoms with Gasteiger partial charge in [-0.15, -0.1) is 0 Å². The second-order valence-electron chi connectivity index (χ2n) is 2.91. The molecule has 0 aliphatic rings. The molecule has 1 rings (SSSR count). The minimum Gasteiger partial charge on any atom is -0.274 e. The highest BCUT2D eigenvalue weighted by atomic mass is 16.2. The van der Waals surface area contributed by atoms with Crippen molar-refractivity contribution in [1.29, 1.82) is 0 Å². The molecule has 15 heavy (non-hydrogen) atoms. The van der Waals surface area contributed by atoms with E-state index in [1.165, 1.54) is 13.0 Å². The molecule has 0 atom stereocenters. The average molecular weight is 204 g/mol. The summed E-state index contributed by atoms with van der Waals surface area (Å²) in [6.45, 7) is 1.32. The lowest BCUT2D eigenvalue weighted by atomic mass is 10.2. The van der Waals surface area contributed by atoms with Crippen molar-refractivity contribution in [2.24, 2.45) is 0 Å². The molecule has 78 valence electrons. The van der Waals surface area contributed by atoms with Gasteiger partial charge >= 0.3 is 0 Å². The number of amides is 2. The van der Waals surface area contributed by atoms with Crippen LogP contribution in [0.1, 0.15) is 12.5 Å². The summed E-state index contributed by atoms with van der Waals surface area (Å²) in [5.74, 6) is -0.675. The van der Waals surface area contributed by atoms with E-state index >= 15 is 0 Å². The molecule has 0 aliphatic heterocycles. The summed E-state index contributed by atoms with van der Waals surface area (Å²) in [6.07, 6.45) is 3.02. The minimum absolute atomic E-state index is 0.309. The van der Waals surface area contributed by atoms with Crippen molar-refractivity contribution in [3.63, 3.8) is 0 Å². The van der Waals surface area contributed by atoms with E-state index in [0.29, 0.717) is 0 Å². The number of carbonyl (C=O) groups excluding carboxylic acids is 2. The molecule has 0 bridgehead atoms. The van der Waals surface area contributed by atoms with Crippen LogP contribution in [0.25, 0.3) is 6.08 Å². The molecule has 2 amide bonds. The maximum Gasteiger partial charge on any atom is 0.262 e. The third-order valence-electron chi connectivity index (χ3n) is 1.59. The number of benzene rings is 1. The summed E-state index contributed by atoms with van der Waals surface area (Å²) in [4.78, 5) is 21.6. The highest BCUT2D eigenvalue weighted by Gasteiger charge is 1.94. The first-order chi connectivity index (χ1) is 7.18. The van der Waals surface area contributed by atoms with Gasteiger partial charge in [0, 0.05) is 13.0 Å². The van der Waals surface area contributed by atoms with Crippen LogP contribution in [-0.2, 0) is 9.59 Å². The van der Waals surface area contributed by atoms with E-state index in [0.717, 1.165) is 5.56 Å². The van der Waals surface area contributed by atoms with E-state index in [1.807, 2.05) is 30.3 Å². The largest absolute Gasteiger partial charge is 0.274 e. The van der Waals surface area contributed by atoms with Crippen molar-refractivity contribution in [3.8, 4) is 0 Å². The predicted molar refractivity (Wildman–Crippen MR) is 57.4 cm³/mol. The summed E-state index contributed by atoms with van der Waals surface area (Å²) in [6, 6.07) is 9.41. The Hall–Kier alpha value is -2.10. The van der Waals surface area contributed by atoms with E-state index in [9.17, 15) is 9.59 Å². The maximum atomic E-state index is 11.1. The summed E-state index contributed by atoms with van der Waals surface area (Å²) in [5.41, 5.74) is 5.35. The first kappa shape index (κ1) is 11.0. The molecular formula is C11H12N2O2. The zero-order valence-electron chi connectivity index (χ0n) is 8.36. The van der Waals surface area contributed by atoms with Gasteiger partial charge in [-0.05, 0) is 11.6 Å². The van der Waals surface area contributed by atoms with E-state index in [1.54, 1.807) is 6.08 Å². The molecule has 1 aromatic carbocycles. The third kappa shape index (κ3) is 4.61. The zero-order chi connectivity index (χ0) is 11.1. The van der Waals surface area contributed by atoms with Gasteiger partial charge in [-0.3, -0.25) is 20.4 Å². The fourth-order valence-electron chi connectivity index (χ4n) is 0.927. The Morgan fingerprint density at radius 1 is 1.13 bits per heavy atom. The molecule has 0 heterocycles. The van der Waals surface area contributed by atoms with E-state index in [-0.39, 0.29) is 11.8 Å². The van der Waals surface area contributed by atoms with Gasteiger partial charge in [-0.2, -0.15) is 0 Å². The van der Waals surface area contributed by atoms with Crippen molar-refractivity contribution in [2.45, 2.75) is 6.92 Å². The predicted octanol–water partition coefficient (Wildman–Crippen LogP) is 0.867. The van der Waals surface area contributed by atoms with Crippen molar-refractivity contribution in [2.75, 3.05) is 0 Å². The fraction of sp³-hybridized carbons (Fsp3) is 0.0909. The van der Waals surface area contributed by atoms with Crippen molar-refractivity contribution in [3.05, 3.63) is 42.0 Å². The lowest BCUT2D eigenvalue weighted by Crippen LogP contribution is -2.39. The Kier molecular flexibility index (Phi) is 4.09. The Balaban J connectivity index is 2.44. The lowest BCUT2D eigenvalue weighted by molar-refractivity contribution is -0.125. The summed E-state index contributed by atoms with van der Waals surface area (Å²) >= 11 is 0. The Morgan fingerprint density at radius 3 is 2.40 bits per heavy atom. The Bertz CT molecular complexity index is 371. The van der Waals surface area contributed by atoms with Crippen molar-refractivity contribution in [1.82, 2.24) is 10.9 Å². The molecule has 0 fully saturated rings. The van der Waals surface area contributed by atoms with E-state index in [2.05, 4.69) is 10.9 Å². The molecule has 0 radical (unpaired) electrons. The van der Waals surface area contributed by atoms with Crippen LogP contribution in [0.5, 0.6) is 0 Å². The van der Waals surface area contributed by atoms with Crippen LogP contribution < -0.4 is 10.9 Å². The molecular weight excluding hydrogens is 192 g/mol. The van der Waals surface area contributed by atoms with Crippen LogP contribution in [0.15, 0.2) is 36.4 Å². The van der Waals surface area contributed by atoms with Crippen molar-refractivity contribution >= 4 is 17.9 Å². The van der Waals surface area contributed by atoms with Crippen LogP contribution in [0, 0.1) is 0 Å². The number of carbonyl (C=O) groups is 2. The topological polar surface area (TPSA) is 58.2 Å². The molecule has 2 N–H and O–H groups in total. The SMILES string of the molecule is CC(=O)NNC(=O)/C=C/c1ccccc1. The summed E-state index contributed by atoms with van der Waals surface area (Å²) in [7, 11) is 0. The summed E-state index contributed by atoms with van der Waals surface area (Å²) in [5, 5.41) is 0. The molecule has 0 saturated heterocycles. The van der Waals surface area contributed by atoms with Gasteiger partial charge in [0.05, 0.1) is 0 Å². The average Bonchev–Trinajstić information content (AvgIpc) is 2.25. The smallest absolute Gasteiger partial charge is 0.262 e. The molecule has 4 heteroatoms. The second kappa shape index (κ2) is 5.59. The van der Waals surface area contributed by atoms with Gasteiger partial charge in [0.2, 0.25) is 5.91 Å². The van der Waals surface area contributed by atoms with Crippen LogP contribution in [-0.4, -0.2) is 11.8 Å². The van der Waals surface area contributed by atoms with Crippen LogP contribution in [0.3, 0.4) is 0 Å². The van der Waals surface area contributed by atoms with Crippen LogP contribution in [0.2, 0.25) is 0 Å². The number of hydrogen-bond acceptors (Lipinski definition) is 2. The van der Waals surface area contributed by atoms with Gasteiger partial charge in [0.1, 0.15) is 0 Å². The Labute approximate surface area is 88.0 Å². The molecule has 0 spiro atoms. The summed E-state index contributed by atoms with van der Waals surface area (Å²) < 4.78 is 0. The molecule has 0 saturated carbocycles. The maximum absolute atomic E-state index is 11.1. The van der Waals surface area contributed by atoms with E-state index < -0.39 is 0 Å². The number of hydrazine groups is 1. The fourth-order valence-corrected chi connectivity index (χ4v) is 0.927. The van der Waals surface area contributed by atoms with Gasteiger partial charge in [-0.1, -0.05) is 30.3 Å². The molecule has 4 nitrogen and oxygen atoms in total. The van der Waals surface area contributed by atoms with Crippen LogP contribution in [0.4, 0.5) is 0 Å². The number of hydrogen-bond donors (Lipinski definition) is 2. The Morgan fingerprint density at radius 2 is 1.80 bits per heavy atom. The molecule has 0 aromatic heterocycles. The molecule has 1 aromatic rings. The van der Waals surface area contributed by atoms with E-state index in [4.69, 9.17) is 0 Å². The van der Waals surface area contributed by atoms with Crippen molar-refractivity contribution < 1.29 is 9.59 Å².